The molecular formula is C26H31F5N6O2. The molecule has 0 radical (unpaired) electrons. The van der Waals surface area contributed by atoms with Crippen LogP contribution in [0.15, 0.2) is 35.6 Å². The second kappa shape index (κ2) is 12.9. The number of halogens is 5. The largest absolute Gasteiger partial charge is 0.481 e. The predicted molar refractivity (Wildman–Crippen MR) is 138 cm³/mol. The van der Waals surface area contributed by atoms with Crippen LogP contribution in [0, 0.1) is 23.2 Å². The zero-order valence-corrected chi connectivity index (χ0v) is 21.6. The Kier molecular flexibility index (Phi) is 9.92. The maximum absolute atomic E-state index is 14.7. The molecule has 2 unspecified atom stereocenters. The zero-order valence-electron chi connectivity index (χ0n) is 21.6. The normalized spacial score (nSPS) is 21.9. The van der Waals surface area contributed by atoms with E-state index in [4.69, 9.17) is 10.1 Å². The zero-order chi connectivity index (χ0) is 28.6. The Labute approximate surface area is 223 Å². The Morgan fingerprint density at radius 3 is 2.69 bits per heavy atom. The van der Waals surface area contributed by atoms with E-state index in [2.05, 4.69) is 25.8 Å². The van der Waals surface area contributed by atoms with Crippen molar-refractivity contribution in [3.63, 3.8) is 0 Å². The van der Waals surface area contributed by atoms with E-state index in [9.17, 15) is 26.7 Å². The SMILES string of the molecule is COc1ccc(N/N=C\C=N)c(C(=O)C2CCCC(F)(F)C[C@@H](C)C(CNc3ccc(C(F)(F)F)cn3)C2)n1. The van der Waals surface area contributed by atoms with E-state index in [1.165, 1.54) is 25.5 Å². The van der Waals surface area contributed by atoms with Gasteiger partial charge in [0.1, 0.15) is 11.5 Å². The van der Waals surface area contributed by atoms with Crippen molar-refractivity contribution in [2.45, 2.75) is 51.1 Å². The van der Waals surface area contributed by atoms with Crippen molar-refractivity contribution < 1.29 is 31.5 Å². The van der Waals surface area contributed by atoms with Gasteiger partial charge in [-0.15, -0.1) is 0 Å². The van der Waals surface area contributed by atoms with Gasteiger partial charge in [0, 0.05) is 43.8 Å². The van der Waals surface area contributed by atoms with Crippen LogP contribution in [0.25, 0.3) is 0 Å². The van der Waals surface area contributed by atoms with Gasteiger partial charge in [-0.25, -0.2) is 18.7 Å². The lowest BCUT2D eigenvalue weighted by Crippen LogP contribution is -2.30. The van der Waals surface area contributed by atoms with Gasteiger partial charge < -0.3 is 15.5 Å². The highest BCUT2D eigenvalue weighted by Gasteiger charge is 2.38. The van der Waals surface area contributed by atoms with Crippen LogP contribution in [-0.2, 0) is 6.18 Å². The summed E-state index contributed by atoms with van der Waals surface area (Å²) in [7, 11) is 1.40. The van der Waals surface area contributed by atoms with E-state index in [-0.39, 0.29) is 67.5 Å². The summed E-state index contributed by atoms with van der Waals surface area (Å²) in [5.41, 5.74) is 2.10. The van der Waals surface area contributed by atoms with Crippen LogP contribution in [0.1, 0.15) is 55.1 Å². The molecule has 8 nitrogen and oxygen atoms in total. The first kappa shape index (κ1) is 29.9. The number of aromatic nitrogens is 2. The minimum absolute atomic E-state index is 0.0382. The molecule has 1 fully saturated rings. The van der Waals surface area contributed by atoms with E-state index in [1.54, 1.807) is 13.0 Å². The first-order valence-electron chi connectivity index (χ1n) is 12.5. The average molecular weight is 555 g/mol. The lowest BCUT2D eigenvalue weighted by atomic mass is 9.80. The molecule has 2 aromatic heterocycles. The molecule has 39 heavy (non-hydrogen) atoms. The Balaban J connectivity index is 1.86. The number of methoxy groups -OCH3 is 1. The third kappa shape index (κ3) is 8.42. The van der Waals surface area contributed by atoms with Crippen molar-refractivity contribution in [1.82, 2.24) is 9.97 Å². The van der Waals surface area contributed by atoms with Crippen molar-refractivity contribution in [2.24, 2.45) is 22.9 Å². The highest BCUT2D eigenvalue weighted by Crippen LogP contribution is 2.39. The van der Waals surface area contributed by atoms with E-state index in [1.807, 2.05) is 0 Å². The molecule has 0 aliphatic heterocycles. The number of carbonyl (C=O) groups is 1. The molecule has 0 amide bonds. The van der Waals surface area contributed by atoms with Gasteiger partial charge in [-0.1, -0.05) is 6.92 Å². The molecule has 2 heterocycles. The highest BCUT2D eigenvalue weighted by molar-refractivity contribution is 6.14. The molecule has 0 bridgehead atoms. The highest BCUT2D eigenvalue weighted by atomic mass is 19.4. The number of hydrogen-bond acceptors (Lipinski definition) is 8. The minimum atomic E-state index is -4.52. The lowest BCUT2D eigenvalue weighted by Gasteiger charge is -2.28. The van der Waals surface area contributed by atoms with E-state index in [0.29, 0.717) is 6.20 Å². The number of hydrogen-bond donors (Lipinski definition) is 3. The number of nitrogens with zero attached hydrogens (tertiary/aromatic N) is 3. The third-order valence-corrected chi connectivity index (χ3v) is 6.76. The fourth-order valence-electron chi connectivity index (χ4n) is 4.66. The molecule has 0 saturated heterocycles. The number of anilines is 2. The second-order valence-corrected chi connectivity index (χ2v) is 9.60. The summed E-state index contributed by atoms with van der Waals surface area (Å²) in [6.07, 6.45) is -1.82. The molecular weight excluding hydrogens is 523 g/mol. The van der Waals surface area contributed by atoms with Crippen molar-refractivity contribution in [2.75, 3.05) is 24.4 Å². The van der Waals surface area contributed by atoms with Gasteiger partial charge in [-0.2, -0.15) is 18.3 Å². The van der Waals surface area contributed by atoms with Gasteiger partial charge in [0.2, 0.25) is 11.8 Å². The first-order valence-corrected chi connectivity index (χ1v) is 12.5. The minimum Gasteiger partial charge on any atom is -0.481 e. The molecule has 13 heteroatoms. The summed E-state index contributed by atoms with van der Waals surface area (Å²) in [4.78, 5) is 21.8. The van der Waals surface area contributed by atoms with Crippen LogP contribution in [0.5, 0.6) is 5.88 Å². The van der Waals surface area contributed by atoms with Gasteiger partial charge in [-0.05, 0) is 49.3 Å². The smallest absolute Gasteiger partial charge is 0.417 e. The standard InChI is InChI=1S/C26H31F5N6O2/c1-16-13-25(27,28)9-3-4-17(12-18(16)14-33-21-7-5-19(15-34-21)26(29,30)31)24(38)23-20(37-35-11-10-32)6-8-22(36-23)39-2/h5-8,10-11,15-18,32,37H,3-4,9,12-14H2,1-2H3,(H,33,34)/b32-10?,35-11-/t16-,17?,18?/m1/s1. The number of alkyl halides is 5. The fourth-order valence-corrected chi connectivity index (χ4v) is 4.66. The van der Waals surface area contributed by atoms with Gasteiger partial charge in [-0.3, -0.25) is 10.2 Å². The second-order valence-electron chi connectivity index (χ2n) is 9.60. The quantitative estimate of drug-likeness (QED) is 0.145. The number of hydrazone groups is 1. The number of carbonyl (C=O) groups excluding carboxylic acids is 1. The van der Waals surface area contributed by atoms with Crippen LogP contribution in [-0.4, -0.2) is 47.8 Å². The predicted octanol–water partition coefficient (Wildman–Crippen LogP) is 6.31. The number of ketones is 1. The molecule has 1 aliphatic carbocycles. The topological polar surface area (TPSA) is 112 Å². The number of nitrogens with one attached hydrogen (secondary N) is 3. The monoisotopic (exact) mass is 554 g/mol. The van der Waals surface area contributed by atoms with Crippen LogP contribution in [0.4, 0.5) is 33.5 Å². The number of ether oxygens (including phenoxy) is 1. The molecule has 1 aliphatic rings. The summed E-state index contributed by atoms with van der Waals surface area (Å²) < 4.78 is 73.1. The molecule has 0 aromatic carbocycles. The summed E-state index contributed by atoms with van der Waals surface area (Å²) in [5.74, 6) is -4.47. The number of rotatable bonds is 9. The van der Waals surface area contributed by atoms with Gasteiger partial charge in [0.25, 0.3) is 0 Å². The Bertz CT molecular complexity index is 1160. The van der Waals surface area contributed by atoms with Gasteiger partial charge in [0.05, 0.1) is 24.6 Å². The summed E-state index contributed by atoms with van der Waals surface area (Å²) in [6, 6.07) is 5.18. The fraction of sp³-hybridized carbons (Fsp3) is 0.500. The molecule has 2 aromatic rings. The molecule has 212 valence electrons. The van der Waals surface area contributed by atoms with E-state index >= 15 is 0 Å². The Hall–Kier alpha value is -3.64. The van der Waals surface area contributed by atoms with Crippen LogP contribution < -0.4 is 15.5 Å². The van der Waals surface area contributed by atoms with Gasteiger partial charge >= 0.3 is 6.18 Å². The van der Waals surface area contributed by atoms with E-state index in [0.717, 1.165) is 12.3 Å². The molecule has 0 spiro atoms. The Morgan fingerprint density at radius 2 is 2.05 bits per heavy atom. The maximum Gasteiger partial charge on any atom is 0.417 e. The van der Waals surface area contributed by atoms with Crippen molar-refractivity contribution in [3.8, 4) is 5.88 Å². The Morgan fingerprint density at radius 1 is 1.28 bits per heavy atom. The molecule has 3 rings (SSSR count). The average Bonchev–Trinajstić information content (AvgIpc) is 2.94. The van der Waals surface area contributed by atoms with Crippen molar-refractivity contribution in [3.05, 3.63) is 41.7 Å². The summed E-state index contributed by atoms with van der Waals surface area (Å²) in [6.45, 7) is 1.83. The van der Waals surface area contributed by atoms with Crippen LogP contribution in [0.3, 0.4) is 0 Å². The molecule has 3 N–H and O–H groups in total. The van der Waals surface area contributed by atoms with Gasteiger partial charge in [0.15, 0.2) is 5.78 Å². The van der Waals surface area contributed by atoms with E-state index < -0.39 is 35.4 Å². The third-order valence-electron chi connectivity index (χ3n) is 6.76. The van der Waals surface area contributed by atoms with Crippen molar-refractivity contribution >= 4 is 29.7 Å². The summed E-state index contributed by atoms with van der Waals surface area (Å²) in [5, 5.41) is 13.9. The number of pyridine rings is 2. The van der Waals surface area contributed by atoms with Crippen LogP contribution >= 0.6 is 0 Å². The molecule has 3 atom stereocenters. The number of Topliss-reactive ketones (excluding diaryl/α,β-unsaturated/α-hetero) is 1. The lowest BCUT2D eigenvalue weighted by molar-refractivity contribution is -0.137. The maximum atomic E-state index is 14.7. The van der Waals surface area contributed by atoms with Crippen molar-refractivity contribution in [1.29, 1.82) is 5.41 Å². The molecule has 1 saturated carbocycles. The summed E-state index contributed by atoms with van der Waals surface area (Å²) >= 11 is 0. The first-order chi connectivity index (χ1) is 18.4. The van der Waals surface area contributed by atoms with Crippen LogP contribution in [0.2, 0.25) is 0 Å².